The third-order valence-electron chi connectivity index (χ3n) is 4.57. The molecule has 2 saturated heterocycles. The van der Waals surface area contributed by atoms with Crippen molar-refractivity contribution in [1.29, 1.82) is 0 Å². The van der Waals surface area contributed by atoms with Gasteiger partial charge in [0, 0.05) is 13.2 Å². The van der Waals surface area contributed by atoms with Gasteiger partial charge in [-0.3, -0.25) is 14.5 Å². The molecule has 100 valence electrons. The van der Waals surface area contributed by atoms with Gasteiger partial charge in [-0.2, -0.15) is 0 Å². The molecule has 5 nitrogen and oxygen atoms in total. The maximum absolute atomic E-state index is 12.1. The Morgan fingerprint density at radius 3 is 2.28 bits per heavy atom. The van der Waals surface area contributed by atoms with Crippen LogP contribution in [-0.2, 0) is 14.3 Å². The largest absolute Gasteiger partial charge is 0.396 e. The Hall–Kier alpha value is -0.940. The maximum Gasteiger partial charge on any atom is 0.258 e. The molecule has 1 saturated carbocycles. The van der Waals surface area contributed by atoms with E-state index in [0.717, 1.165) is 19.3 Å². The first-order valence-electron chi connectivity index (χ1n) is 6.82. The smallest absolute Gasteiger partial charge is 0.258 e. The molecule has 2 bridgehead atoms. The minimum Gasteiger partial charge on any atom is -0.396 e. The lowest BCUT2D eigenvalue weighted by molar-refractivity contribution is -0.169. The highest BCUT2D eigenvalue weighted by Gasteiger charge is 2.47. The third kappa shape index (κ3) is 1.86. The van der Waals surface area contributed by atoms with Crippen molar-refractivity contribution in [2.24, 2.45) is 11.8 Å². The normalized spacial score (nSPS) is 39.7. The lowest BCUT2D eigenvalue weighted by Crippen LogP contribution is -2.53. The van der Waals surface area contributed by atoms with Crippen molar-refractivity contribution in [3.63, 3.8) is 0 Å². The molecule has 0 aromatic carbocycles. The second-order valence-corrected chi connectivity index (χ2v) is 5.61. The molecular formula is C13H19NO4. The molecule has 4 atom stereocenters. The van der Waals surface area contributed by atoms with Gasteiger partial charge in [0.05, 0.1) is 0 Å². The molecule has 1 aliphatic carbocycles. The summed E-state index contributed by atoms with van der Waals surface area (Å²) >= 11 is 0. The number of amides is 2. The predicted molar refractivity (Wildman–Crippen MR) is 62.5 cm³/mol. The highest BCUT2D eigenvalue weighted by atomic mass is 16.5. The number of fused-ring (bicyclic) bond motifs is 2. The number of aliphatic hydroxyl groups is 1. The first kappa shape index (κ1) is 12.1. The molecule has 0 aromatic rings. The first-order valence-corrected chi connectivity index (χ1v) is 6.82. The van der Waals surface area contributed by atoms with Crippen molar-refractivity contribution in [3.8, 4) is 0 Å². The summed E-state index contributed by atoms with van der Waals surface area (Å²) in [5.41, 5.74) is 0. The molecule has 3 aliphatic rings. The van der Waals surface area contributed by atoms with Gasteiger partial charge < -0.3 is 9.84 Å². The Labute approximate surface area is 106 Å². The molecule has 0 aromatic heterocycles. The molecule has 3 fully saturated rings. The number of rotatable bonds is 3. The Morgan fingerprint density at radius 1 is 1.06 bits per heavy atom. The van der Waals surface area contributed by atoms with Crippen molar-refractivity contribution in [2.75, 3.05) is 13.2 Å². The van der Waals surface area contributed by atoms with E-state index in [1.54, 1.807) is 0 Å². The van der Waals surface area contributed by atoms with Crippen LogP contribution >= 0.6 is 0 Å². The minimum atomic E-state index is -0.401. The molecule has 2 aliphatic heterocycles. The van der Waals surface area contributed by atoms with E-state index < -0.39 is 12.2 Å². The number of hydrogen-bond acceptors (Lipinski definition) is 4. The van der Waals surface area contributed by atoms with Crippen LogP contribution in [0.5, 0.6) is 0 Å². The first-order chi connectivity index (χ1) is 8.70. The van der Waals surface area contributed by atoms with Gasteiger partial charge in [0.25, 0.3) is 11.8 Å². The second-order valence-electron chi connectivity index (χ2n) is 5.61. The highest BCUT2D eigenvalue weighted by Crippen LogP contribution is 2.35. The van der Waals surface area contributed by atoms with Crippen LogP contribution in [0.4, 0.5) is 0 Å². The highest BCUT2D eigenvalue weighted by molar-refractivity contribution is 6.02. The van der Waals surface area contributed by atoms with E-state index in [1.807, 2.05) is 0 Å². The van der Waals surface area contributed by atoms with Crippen molar-refractivity contribution < 1.29 is 19.4 Å². The van der Waals surface area contributed by atoms with Crippen LogP contribution < -0.4 is 0 Å². The van der Waals surface area contributed by atoms with E-state index in [1.165, 1.54) is 4.90 Å². The van der Waals surface area contributed by atoms with Gasteiger partial charge in [-0.1, -0.05) is 6.42 Å². The summed E-state index contributed by atoms with van der Waals surface area (Å²) in [7, 11) is 0. The van der Waals surface area contributed by atoms with E-state index >= 15 is 0 Å². The quantitative estimate of drug-likeness (QED) is 0.735. The zero-order valence-electron chi connectivity index (χ0n) is 10.4. The van der Waals surface area contributed by atoms with Gasteiger partial charge in [-0.05, 0) is 37.5 Å². The van der Waals surface area contributed by atoms with Crippen molar-refractivity contribution in [3.05, 3.63) is 0 Å². The number of carbonyl (C=O) groups is 2. The van der Waals surface area contributed by atoms with Crippen LogP contribution in [0, 0.1) is 11.8 Å². The van der Waals surface area contributed by atoms with Crippen LogP contribution in [0.1, 0.15) is 32.1 Å². The Bertz CT molecular complexity index is 348. The fourth-order valence-electron chi connectivity index (χ4n) is 3.47. The van der Waals surface area contributed by atoms with Crippen LogP contribution in [0.2, 0.25) is 0 Å². The van der Waals surface area contributed by atoms with Crippen LogP contribution in [-0.4, -0.2) is 47.2 Å². The summed E-state index contributed by atoms with van der Waals surface area (Å²) < 4.78 is 5.38. The number of ether oxygens (including phenoxy) is 1. The maximum atomic E-state index is 12.1. The number of nitrogens with zero attached hydrogens (tertiary/aromatic N) is 1. The van der Waals surface area contributed by atoms with Gasteiger partial charge in [0.1, 0.15) is 12.2 Å². The van der Waals surface area contributed by atoms with Crippen molar-refractivity contribution in [2.45, 2.75) is 44.3 Å². The van der Waals surface area contributed by atoms with E-state index in [0.29, 0.717) is 19.4 Å². The molecular weight excluding hydrogens is 234 g/mol. The average molecular weight is 253 g/mol. The van der Waals surface area contributed by atoms with Crippen molar-refractivity contribution >= 4 is 11.8 Å². The molecule has 4 unspecified atom stereocenters. The topological polar surface area (TPSA) is 66.8 Å². The second kappa shape index (κ2) is 4.63. The summed E-state index contributed by atoms with van der Waals surface area (Å²) in [6.07, 6.45) is 3.61. The number of morpholine rings is 1. The number of likely N-dealkylation sites (tertiary alicyclic amines) is 1. The summed E-state index contributed by atoms with van der Waals surface area (Å²) in [5, 5.41) is 9.30. The lowest BCUT2D eigenvalue weighted by atomic mass is 9.96. The minimum absolute atomic E-state index is 0.157. The average Bonchev–Trinajstić information content (AvgIpc) is 3.00. The number of imide groups is 1. The molecule has 0 spiro atoms. The summed E-state index contributed by atoms with van der Waals surface area (Å²) in [5.74, 6) is 0.168. The number of carbonyl (C=O) groups excluding carboxylic acids is 2. The zero-order valence-corrected chi connectivity index (χ0v) is 10.4. The van der Waals surface area contributed by atoms with E-state index in [-0.39, 0.29) is 30.3 Å². The molecule has 3 rings (SSSR count). The molecule has 2 amide bonds. The van der Waals surface area contributed by atoms with E-state index in [4.69, 9.17) is 4.74 Å². The van der Waals surface area contributed by atoms with E-state index in [2.05, 4.69) is 0 Å². The standard InChI is InChI=1S/C13H19NO4/c15-7-9-3-1-2-8(9)6-14-12(16)10-4-5-11(18-10)13(14)17/h8-11,15H,1-7H2. The van der Waals surface area contributed by atoms with Gasteiger partial charge >= 0.3 is 0 Å². The van der Waals surface area contributed by atoms with E-state index in [9.17, 15) is 14.7 Å². The summed E-state index contributed by atoms with van der Waals surface area (Å²) in [4.78, 5) is 25.6. The predicted octanol–water partition coefficient (Wildman–Crippen LogP) is 0.311. The van der Waals surface area contributed by atoms with Crippen LogP contribution in [0.15, 0.2) is 0 Å². The van der Waals surface area contributed by atoms with Crippen LogP contribution in [0.25, 0.3) is 0 Å². The van der Waals surface area contributed by atoms with Crippen LogP contribution in [0.3, 0.4) is 0 Å². The molecule has 0 radical (unpaired) electrons. The summed E-state index contributed by atoms with van der Waals surface area (Å²) in [6.45, 7) is 0.628. The molecule has 5 heteroatoms. The number of aliphatic hydroxyl groups excluding tert-OH is 1. The van der Waals surface area contributed by atoms with Crippen molar-refractivity contribution in [1.82, 2.24) is 4.90 Å². The number of hydrogen-bond donors (Lipinski definition) is 1. The Kier molecular flexibility index (Phi) is 3.11. The van der Waals surface area contributed by atoms with Gasteiger partial charge in [-0.25, -0.2) is 0 Å². The fraction of sp³-hybridized carbons (Fsp3) is 0.846. The Morgan fingerprint density at radius 2 is 1.67 bits per heavy atom. The van der Waals surface area contributed by atoms with Gasteiger partial charge in [-0.15, -0.1) is 0 Å². The van der Waals surface area contributed by atoms with Gasteiger partial charge in [0.2, 0.25) is 0 Å². The monoisotopic (exact) mass is 253 g/mol. The Balaban J connectivity index is 1.71. The molecule has 18 heavy (non-hydrogen) atoms. The SMILES string of the molecule is O=C1C2CCC(O2)C(=O)N1CC1CCCC1CO. The fourth-order valence-corrected chi connectivity index (χ4v) is 3.47. The zero-order chi connectivity index (χ0) is 12.7. The third-order valence-corrected chi connectivity index (χ3v) is 4.57. The summed E-state index contributed by atoms with van der Waals surface area (Å²) in [6, 6.07) is 0. The van der Waals surface area contributed by atoms with Gasteiger partial charge in [0.15, 0.2) is 0 Å². The lowest BCUT2D eigenvalue weighted by Gasteiger charge is -2.32. The molecule has 2 heterocycles. The molecule has 1 N–H and O–H groups in total.